The Balaban J connectivity index is 1.64. The molecule has 0 aliphatic carbocycles. The van der Waals surface area contributed by atoms with Gasteiger partial charge in [0.15, 0.2) is 0 Å². The zero-order valence-electron chi connectivity index (χ0n) is 16.4. The number of rotatable bonds is 8. The van der Waals surface area contributed by atoms with Crippen LogP contribution in [0.15, 0.2) is 59.8 Å². The molecule has 3 aromatic rings. The molecule has 0 aliphatic heterocycles. The average Bonchev–Trinajstić information content (AvgIpc) is 3.15. The van der Waals surface area contributed by atoms with E-state index in [2.05, 4.69) is 46.8 Å². The predicted molar refractivity (Wildman–Crippen MR) is 111 cm³/mol. The zero-order chi connectivity index (χ0) is 19.9. The van der Waals surface area contributed by atoms with Crippen LogP contribution in [0.2, 0.25) is 0 Å². The quantitative estimate of drug-likeness (QED) is 0.584. The average molecular weight is 396 g/mol. The third-order valence-corrected chi connectivity index (χ3v) is 5.22. The van der Waals surface area contributed by atoms with Crippen molar-refractivity contribution in [3.63, 3.8) is 0 Å². The van der Waals surface area contributed by atoms with Gasteiger partial charge in [0.25, 0.3) is 0 Å². The molecule has 3 rings (SSSR count). The van der Waals surface area contributed by atoms with Crippen LogP contribution in [-0.2, 0) is 4.79 Å². The van der Waals surface area contributed by atoms with Crippen LogP contribution in [0.4, 0.5) is 0 Å². The molecule has 28 heavy (non-hydrogen) atoms. The summed E-state index contributed by atoms with van der Waals surface area (Å²) in [6.07, 6.45) is 0.890. The van der Waals surface area contributed by atoms with Crippen molar-refractivity contribution in [1.82, 2.24) is 25.5 Å². The van der Waals surface area contributed by atoms with Crippen molar-refractivity contribution in [2.24, 2.45) is 5.92 Å². The van der Waals surface area contributed by atoms with Gasteiger partial charge in [0.2, 0.25) is 11.1 Å². The number of nitrogens with one attached hydrogen (secondary N) is 1. The van der Waals surface area contributed by atoms with E-state index < -0.39 is 0 Å². The van der Waals surface area contributed by atoms with Gasteiger partial charge in [-0.15, -0.1) is 5.10 Å². The molecule has 1 heterocycles. The summed E-state index contributed by atoms with van der Waals surface area (Å²) in [7, 11) is 0. The zero-order valence-corrected chi connectivity index (χ0v) is 17.2. The summed E-state index contributed by atoms with van der Waals surface area (Å²) >= 11 is 1.33. The van der Waals surface area contributed by atoms with E-state index in [-0.39, 0.29) is 17.7 Å². The first-order chi connectivity index (χ1) is 13.5. The second-order valence-corrected chi connectivity index (χ2v) is 8.10. The van der Waals surface area contributed by atoms with Gasteiger partial charge in [0.1, 0.15) is 0 Å². The molecule has 0 fully saturated rings. The van der Waals surface area contributed by atoms with E-state index in [1.165, 1.54) is 17.3 Å². The van der Waals surface area contributed by atoms with Gasteiger partial charge in [0.05, 0.1) is 17.5 Å². The first-order valence-corrected chi connectivity index (χ1v) is 10.3. The number of aryl methyl sites for hydroxylation is 1. The van der Waals surface area contributed by atoms with Crippen molar-refractivity contribution in [3.05, 3.63) is 65.7 Å². The van der Waals surface area contributed by atoms with Crippen molar-refractivity contribution in [1.29, 1.82) is 0 Å². The lowest BCUT2D eigenvalue weighted by molar-refractivity contribution is -0.119. The molecule has 0 spiro atoms. The van der Waals surface area contributed by atoms with E-state index in [1.807, 2.05) is 49.4 Å². The van der Waals surface area contributed by atoms with Crippen molar-refractivity contribution in [3.8, 4) is 5.69 Å². The van der Waals surface area contributed by atoms with Crippen LogP contribution >= 0.6 is 11.8 Å². The minimum Gasteiger partial charge on any atom is -0.349 e. The van der Waals surface area contributed by atoms with Gasteiger partial charge >= 0.3 is 0 Å². The summed E-state index contributed by atoms with van der Waals surface area (Å²) in [5.74, 6) is 0.707. The molecule has 0 unspecified atom stereocenters. The number of thioether (sulfide) groups is 1. The van der Waals surface area contributed by atoms with Crippen LogP contribution in [-0.4, -0.2) is 31.9 Å². The molecule has 1 atom stereocenters. The summed E-state index contributed by atoms with van der Waals surface area (Å²) in [5.41, 5.74) is 3.17. The molecule has 146 valence electrons. The standard InChI is InChI=1S/C21H25N5OS/c1-15(2)13-19(17-7-5-4-6-8-17)22-20(27)14-28-21-23-24-25-26(21)18-11-9-16(3)10-12-18/h4-12,15,19H,13-14H2,1-3H3,(H,22,27)/t19-/m0/s1. The van der Waals surface area contributed by atoms with E-state index in [4.69, 9.17) is 0 Å². The van der Waals surface area contributed by atoms with Crippen LogP contribution in [0, 0.1) is 12.8 Å². The van der Waals surface area contributed by atoms with Crippen LogP contribution in [0.3, 0.4) is 0 Å². The van der Waals surface area contributed by atoms with Gasteiger partial charge < -0.3 is 5.32 Å². The summed E-state index contributed by atoms with van der Waals surface area (Å²) < 4.78 is 1.65. The lowest BCUT2D eigenvalue weighted by atomic mass is 9.97. The Morgan fingerprint density at radius 1 is 1.11 bits per heavy atom. The maximum absolute atomic E-state index is 12.6. The van der Waals surface area contributed by atoms with E-state index in [0.29, 0.717) is 11.1 Å². The fraction of sp³-hybridized carbons (Fsp3) is 0.333. The summed E-state index contributed by atoms with van der Waals surface area (Å²) in [6.45, 7) is 6.35. The number of aromatic nitrogens is 4. The molecule has 0 saturated carbocycles. The van der Waals surface area contributed by atoms with Crippen LogP contribution in [0.1, 0.15) is 37.4 Å². The second-order valence-electron chi connectivity index (χ2n) is 7.16. The summed E-state index contributed by atoms with van der Waals surface area (Å²) in [4.78, 5) is 12.6. The molecular weight excluding hydrogens is 370 g/mol. The van der Waals surface area contributed by atoms with Crippen molar-refractivity contribution < 1.29 is 4.79 Å². The maximum atomic E-state index is 12.6. The molecule has 0 radical (unpaired) electrons. The highest BCUT2D eigenvalue weighted by molar-refractivity contribution is 7.99. The Morgan fingerprint density at radius 2 is 1.82 bits per heavy atom. The van der Waals surface area contributed by atoms with Gasteiger partial charge in [0, 0.05) is 0 Å². The van der Waals surface area contributed by atoms with E-state index >= 15 is 0 Å². The molecule has 0 aliphatic rings. The molecule has 1 N–H and O–H groups in total. The number of tetrazole rings is 1. The molecule has 7 heteroatoms. The van der Waals surface area contributed by atoms with Gasteiger partial charge in [-0.1, -0.05) is 73.6 Å². The van der Waals surface area contributed by atoms with Gasteiger partial charge in [-0.25, -0.2) is 0 Å². The third-order valence-electron chi connectivity index (χ3n) is 4.30. The summed E-state index contributed by atoms with van der Waals surface area (Å²) in [6, 6.07) is 18.0. The van der Waals surface area contributed by atoms with Gasteiger partial charge in [-0.2, -0.15) is 4.68 Å². The molecule has 0 saturated heterocycles. The Bertz CT molecular complexity index is 893. The Labute approximate surface area is 169 Å². The fourth-order valence-electron chi connectivity index (χ4n) is 2.92. The topological polar surface area (TPSA) is 72.7 Å². The number of carbonyl (C=O) groups is 1. The van der Waals surface area contributed by atoms with Crippen molar-refractivity contribution in [2.45, 2.75) is 38.4 Å². The minimum absolute atomic E-state index is 0.00222. The number of benzene rings is 2. The highest BCUT2D eigenvalue weighted by Crippen LogP contribution is 2.22. The number of amides is 1. The molecule has 6 nitrogen and oxygen atoms in total. The highest BCUT2D eigenvalue weighted by atomic mass is 32.2. The minimum atomic E-state index is -0.0297. The largest absolute Gasteiger partial charge is 0.349 e. The predicted octanol–water partition coefficient (Wildman–Crippen LogP) is 3.97. The highest BCUT2D eigenvalue weighted by Gasteiger charge is 2.17. The first-order valence-electron chi connectivity index (χ1n) is 9.35. The lowest BCUT2D eigenvalue weighted by Crippen LogP contribution is -2.31. The Morgan fingerprint density at radius 3 is 2.50 bits per heavy atom. The molecule has 1 amide bonds. The van der Waals surface area contributed by atoms with E-state index in [1.54, 1.807) is 4.68 Å². The molecule has 0 bridgehead atoms. The fourth-order valence-corrected chi connectivity index (χ4v) is 3.62. The normalized spacial score (nSPS) is 12.1. The lowest BCUT2D eigenvalue weighted by Gasteiger charge is -2.21. The number of hydrogen-bond acceptors (Lipinski definition) is 5. The molecular formula is C21H25N5OS. The van der Waals surface area contributed by atoms with Crippen molar-refractivity contribution in [2.75, 3.05) is 5.75 Å². The Kier molecular flexibility index (Phi) is 6.81. The van der Waals surface area contributed by atoms with E-state index in [9.17, 15) is 4.79 Å². The van der Waals surface area contributed by atoms with Crippen LogP contribution in [0.5, 0.6) is 0 Å². The third kappa shape index (κ3) is 5.42. The van der Waals surface area contributed by atoms with Crippen LogP contribution < -0.4 is 5.32 Å². The summed E-state index contributed by atoms with van der Waals surface area (Å²) in [5, 5.41) is 15.6. The van der Waals surface area contributed by atoms with Crippen LogP contribution in [0.25, 0.3) is 5.69 Å². The molecule has 1 aromatic heterocycles. The molecule has 2 aromatic carbocycles. The van der Waals surface area contributed by atoms with E-state index in [0.717, 1.165) is 17.7 Å². The smallest absolute Gasteiger partial charge is 0.230 e. The number of nitrogens with zero attached hydrogens (tertiary/aromatic N) is 4. The maximum Gasteiger partial charge on any atom is 0.230 e. The van der Waals surface area contributed by atoms with Gasteiger partial charge in [-0.3, -0.25) is 4.79 Å². The Hall–Kier alpha value is -2.67. The number of hydrogen-bond donors (Lipinski definition) is 1. The monoisotopic (exact) mass is 395 g/mol. The van der Waals surface area contributed by atoms with Gasteiger partial charge in [-0.05, 0) is 47.4 Å². The first kappa shape index (κ1) is 20.1. The second kappa shape index (κ2) is 9.50. The number of carbonyl (C=O) groups excluding carboxylic acids is 1. The SMILES string of the molecule is Cc1ccc(-n2nnnc2SCC(=O)N[C@@H](CC(C)C)c2ccccc2)cc1. The van der Waals surface area contributed by atoms with Crippen molar-refractivity contribution >= 4 is 17.7 Å².